The van der Waals surface area contributed by atoms with Crippen LogP contribution in [0, 0.1) is 13.0 Å². The molecule has 0 bridgehead atoms. The summed E-state index contributed by atoms with van der Waals surface area (Å²) < 4.78 is 0. The van der Waals surface area contributed by atoms with E-state index in [-0.39, 0.29) is 5.41 Å². The van der Waals surface area contributed by atoms with E-state index in [4.69, 9.17) is 0 Å². The standard InChI is InChI=1S/C16H18N/c1-12-6-5-11-17-15(12)13-7-9-14(10-8-13)16(2,3)4/h6-11H,1-4H3. The number of pyridine rings is 1. The molecule has 1 radical (unpaired) electrons. The van der Waals surface area contributed by atoms with Crippen molar-refractivity contribution in [1.29, 1.82) is 0 Å². The predicted octanol–water partition coefficient (Wildman–Crippen LogP) is 4.15. The van der Waals surface area contributed by atoms with Crippen LogP contribution in [0.25, 0.3) is 11.3 Å². The maximum Gasteiger partial charge on any atom is 0.0731 e. The molecule has 2 rings (SSSR count). The highest BCUT2D eigenvalue weighted by Gasteiger charge is 2.13. The van der Waals surface area contributed by atoms with Crippen LogP contribution >= 0.6 is 0 Å². The predicted molar refractivity (Wildman–Crippen MR) is 71.9 cm³/mol. The van der Waals surface area contributed by atoms with Gasteiger partial charge in [-0.2, -0.15) is 0 Å². The zero-order valence-electron chi connectivity index (χ0n) is 10.9. The molecule has 0 unspecified atom stereocenters. The summed E-state index contributed by atoms with van der Waals surface area (Å²) in [6.07, 6.45) is 1.72. The number of rotatable bonds is 1. The number of hydrogen-bond acceptors (Lipinski definition) is 1. The summed E-state index contributed by atoms with van der Waals surface area (Å²) in [5.41, 5.74) is 4.93. The third-order valence-electron chi connectivity index (χ3n) is 2.97. The number of nitrogens with zero attached hydrogens (tertiary/aromatic N) is 1. The molecule has 1 heterocycles. The van der Waals surface area contributed by atoms with Gasteiger partial charge in [0.05, 0.1) is 5.69 Å². The second kappa shape index (κ2) is 4.33. The van der Waals surface area contributed by atoms with E-state index < -0.39 is 0 Å². The molecule has 17 heavy (non-hydrogen) atoms. The molecule has 0 atom stereocenters. The van der Waals surface area contributed by atoms with Crippen molar-refractivity contribution >= 4 is 0 Å². The molecule has 0 spiro atoms. The molecular weight excluding hydrogens is 206 g/mol. The quantitative estimate of drug-likeness (QED) is 0.709. The Kier molecular flexibility index (Phi) is 3.01. The summed E-state index contributed by atoms with van der Waals surface area (Å²) in [6.45, 7) is 8.74. The van der Waals surface area contributed by atoms with Crippen LogP contribution in [0.5, 0.6) is 0 Å². The van der Waals surface area contributed by atoms with Crippen LogP contribution in [-0.4, -0.2) is 4.98 Å². The fourth-order valence-corrected chi connectivity index (χ4v) is 1.86. The maximum atomic E-state index is 4.38. The van der Waals surface area contributed by atoms with Crippen LogP contribution in [0.1, 0.15) is 31.9 Å². The molecule has 87 valence electrons. The first-order valence-electron chi connectivity index (χ1n) is 5.92. The average molecular weight is 224 g/mol. The minimum absolute atomic E-state index is 0.200. The van der Waals surface area contributed by atoms with Crippen molar-refractivity contribution in [1.82, 2.24) is 4.98 Å². The van der Waals surface area contributed by atoms with Crippen molar-refractivity contribution in [2.75, 3.05) is 0 Å². The van der Waals surface area contributed by atoms with E-state index in [1.807, 2.05) is 6.07 Å². The molecule has 0 aliphatic heterocycles. The lowest BCUT2D eigenvalue weighted by Crippen LogP contribution is -2.10. The molecule has 0 amide bonds. The van der Waals surface area contributed by atoms with Crippen molar-refractivity contribution in [3.05, 3.63) is 53.7 Å². The van der Waals surface area contributed by atoms with Crippen molar-refractivity contribution in [2.45, 2.75) is 33.1 Å². The van der Waals surface area contributed by atoms with Gasteiger partial charge in [-0.3, -0.25) is 4.98 Å². The zero-order valence-corrected chi connectivity index (χ0v) is 10.9. The lowest BCUT2D eigenvalue weighted by molar-refractivity contribution is 0.590. The molecule has 1 aromatic carbocycles. The summed E-state index contributed by atoms with van der Waals surface area (Å²) >= 11 is 0. The van der Waals surface area contributed by atoms with E-state index in [0.29, 0.717) is 0 Å². The smallest absolute Gasteiger partial charge is 0.0731 e. The van der Waals surface area contributed by atoms with Crippen LogP contribution in [0.15, 0.2) is 36.5 Å². The second-order valence-corrected chi connectivity index (χ2v) is 5.43. The molecule has 0 saturated carbocycles. The van der Waals surface area contributed by atoms with E-state index in [1.54, 1.807) is 6.20 Å². The molecule has 1 aromatic heterocycles. The third-order valence-corrected chi connectivity index (χ3v) is 2.97. The van der Waals surface area contributed by atoms with Gasteiger partial charge in [0, 0.05) is 17.8 Å². The number of benzene rings is 1. The van der Waals surface area contributed by atoms with Gasteiger partial charge in [0.25, 0.3) is 0 Å². The summed E-state index contributed by atoms with van der Waals surface area (Å²) in [7, 11) is 0. The molecule has 0 aliphatic carbocycles. The molecule has 0 aliphatic rings. The van der Waals surface area contributed by atoms with Crippen molar-refractivity contribution in [3.8, 4) is 11.3 Å². The molecule has 2 aromatic rings. The maximum absolute atomic E-state index is 4.38. The molecule has 1 heteroatoms. The van der Waals surface area contributed by atoms with Crippen LogP contribution in [0.4, 0.5) is 0 Å². The fourth-order valence-electron chi connectivity index (χ4n) is 1.86. The van der Waals surface area contributed by atoms with Gasteiger partial charge in [0.1, 0.15) is 0 Å². The number of aryl methyl sites for hydroxylation is 1. The number of aromatic nitrogens is 1. The number of hydrogen-bond donors (Lipinski definition) is 0. The van der Waals surface area contributed by atoms with Crippen LogP contribution in [0.2, 0.25) is 0 Å². The van der Waals surface area contributed by atoms with Crippen molar-refractivity contribution < 1.29 is 0 Å². The Morgan fingerprint density at radius 1 is 1.06 bits per heavy atom. The Hall–Kier alpha value is -1.63. The average Bonchev–Trinajstić information content (AvgIpc) is 2.29. The molecular formula is C16H18N. The highest BCUT2D eigenvalue weighted by atomic mass is 14.7. The lowest BCUT2D eigenvalue weighted by atomic mass is 9.86. The van der Waals surface area contributed by atoms with Gasteiger partial charge < -0.3 is 0 Å². The van der Waals surface area contributed by atoms with E-state index in [0.717, 1.165) is 11.3 Å². The topological polar surface area (TPSA) is 12.9 Å². The summed E-state index contributed by atoms with van der Waals surface area (Å²) in [5.74, 6) is 0. The van der Waals surface area contributed by atoms with Gasteiger partial charge >= 0.3 is 0 Å². The van der Waals surface area contributed by atoms with E-state index in [1.165, 1.54) is 11.1 Å². The Labute approximate surface area is 104 Å². The van der Waals surface area contributed by atoms with Crippen molar-refractivity contribution in [3.63, 3.8) is 0 Å². The Balaban J connectivity index is 2.40. The molecule has 0 fully saturated rings. The van der Waals surface area contributed by atoms with Crippen LogP contribution < -0.4 is 0 Å². The third kappa shape index (κ3) is 2.55. The summed E-state index contributed by atoms with van der Waals surface area (Å²) in [5, 5.41) is 0. The van der Waals surface area contributed by atoms with E-state index >= 15 is 0 Å². The Morgan fingerprint density at radius 3 is 2.24 bits per heavy atom. The highest BCUT2D eigenvalue weighted by molar-refractivity contribution is 5.62. The van der Waals surface area contributed by atoms with E-state index in [2.05, 4.69) is 63.0 Å². The Bertz CT molecular complexity index is 504. The zero-order chi connectivity index (χ0) is 12.5. The monoisotopic (exact) mass is 224 g/mol. The summed E-state index contributed by atoms with van der Waals surface area (Å²) in [4.78, 5) is 4.38. The largest absolute Gasteiger partial charge is 0.255 e. The van der Waals surface area contributed by atoms with Gasteiger partial charge in [0.15, 0.2) is 0 Å². The first kappa shape index (κ1) is 11.8. The minimum atomic E-state index is 0.200. The second-order valence-electron chi connectivity index (χ2n) is 5.43. The van der Waals surface area contributed by atoms with Gasteiger partial charge in [-0.25, -0.2) is 0 Å². The van der Waals surface area contributed by atoms with Crippen molar-refractivity contribution in [2.24, 2.45) is 0 Å². The van der Waals surface area contributed by atoms with Crippen LogP contribution in [-0.2, 0) is 5.41 Å². The van der Waals surface area contributed by atoms with Crippen LogP contribution in [0.3, 0.4) is 0 Å². The Morgan fingerprint density at radius 2 is 1.71 bits per heavy atom. The van der Waals surface area contributed by atoms with Gasteiger partial charge in [-0.05, 0) is 29.5 Å². The van der Waals surface area contributed by atoms with Gasteiger partial charge in [0.2, 0.25) is 0 Å². The van der Waals surface area contributed by atoms with Gasteiger partial charge in [-0.15, -0.1) is 0 Å². The minimum Gasteiger partial charge on any atom is -0.255 e. The lowest BCUT2D eigenvalue weighted by Gasteiger charge is -2.19. The normalized spacial score (nSPS) is 11.5. The molecule has 0 N–H and O–H groups in total. The van der Waals surface area contributed by atoms with E-state index in [9.17, 15) is 0 Å². The first-order valence-corrected chi connectivity index (χ1v) is 5.92. The summed E-state index contributed by atoms with van der Waals surface area (Å²) in [6, 6.07) is 13.6. The SMILES string of the molecule is Cc1c[c]cnc1-c1ccc(C(C)(C)C)cc1. The van der Waals surface area contributed by atoms with Gasteiger partial charge in [-0.1, -0.05) is 45.0 Å². The molecule has 0 saturated heterocycles. The molecule has 1 nitrogen and oxygen atoms in total. The highest BCUT2D eigenvalue weighted by Crippen LogP contribution is 2.26. The first-order chi connectivity index (χ1) is 7.98. The fraction of sp³-hybridized carbons (Fsp3) is 0.312.